The van der Waals surface area contributed by atoms with E-state index in [9.17, 15) is 0 Å². The van der Waals surface area contributed by atoms with Gasteiger partial charge in [-0.2, -0.15) is 0 Å². The maximum Gasteiger partial charge on any atom is 0.133 e. The molecule has 0 N–H and O–H groups in total. The highest BCUT2D eigenvalue weighted by atomic mass is 79.9. The Morgan fingerprint density at radius 2 is 2.29 bits per heavy atom. The molecule has 0 spiro atoms. The Morgan fingerprint density at radius 1 is 1.43 bits per heavy atom. The first-order valence-electron chi connectivity index (χ1n) is 4.85. The minimum Gasteiger partial charge on any atom is -0.490 e. The van der Waals surface area contributed by atoms with Gasteiger partial charge in [-0.3, -0.25) is 0 Å². The van der Waals surface area contributed by atoms with Crippen molar-refractivity contribution in [2.24, 2.45) is 0 Å². The number of rotatable bonds is 3. The third-order valence-electron chi connectivity index (χ3n) is 2.29. The zero-order valence-corrected chi connectivity index (χ0v) is 9.50. The summed E-state index contributed by atoms with van der Waals surface area (Å²) in [6, 6.07) is 7.88. The van der Waals surface area contributed by atoms with Crippen LogP contribution in [0.3, 0.4) is 0 Å². The standard InChI is InChI=1S/C11H13BrO2/c12-10-5-1-2-6-11(10)14-8-9-4-3-7-13-9/h1-2,5-6,9H,3-4,7-8H2. The summed E-state index contributed by atoms with van der Waals surface area (Å²) in [5.74, 6) is 0.892. The average molecular weight is 257 g/mol. The summed E-state index contributed by atoms with van der Waals surface area (Å²) in [6.45, 7) is 1.53. The first-order valence-corrected chi connectivity index (χ1v) is 5.64. The van der Waals surface area contributed by atoms with Crippen LogP contribution in [0.15, 0.2) is 28.7 Å². The SMILES string of the molecule is Brc1ccccc1OCC1CCCO1. The van der Waals surface area contributed by atoms with E-state index in [4.69, 9.17) is 9.47 Å². The lowest BCUT2D eigenvalue weighted by Gasteiger charge is -2.12. The van der Waals surface area contributed by atoms with Crippen LogP contribution in [0.2, 0.25) is 0 Å². The van der Waals surface area contributed by atoms with E-state index in [1.54, 1.807) is 0 Å². The second kappa shape index (κ2) is 4.80. The molecule has 0 aromatic heterocycles. The van der Waals surface area contributed by atoms with Gasteiger partial charge in [0.25, 0.3) is 0 Å². The minimum absolute atomic E-state index is 0.280. The summed E-state index contributed by atoms with van der Waals surface area (Å²) in [5, 5.41) is 0. The Balaban J connectivity index is 1.88. The van der Waals surface area contributed by atoms with Crippen LogP contribution in [0.25, 0.3) is 0 Å². The third-order valence-corrected chi connectivity index (χ3v) is 2.94. The molecular weight excluding hydrogens is 244 g/mol. The Morgan fingerprint density at radius 3 is 3.00 bits per heavy atom. The average Bonchev–Trinajstić information content (AvgIpc) is 2.69. The number of halogens is 1. The van der Waals surface area contributed by atoms with Crippen molar-refractivity contribution in [1.29, 1.82) is 0 Å². The fourth-order valence-corrected chi connectivity index (χ4v) is 1.92. The highest BCUT2D eigenvalue weighted by Gasteiger charge is 2.16. The molecule has 14 heavy (non-hydrogen) atoms. The minimum atomic E-state index is 0.280. The summed E-state index contributed by atoms with van der Waals surface area (Å²) in [5.41, 5.74) is 0. The van der Waals surface area contributed by atoms with E-state index < -0.39 is 0 Å². The molecule has 1 unspecified atom stereocenters. The van der Waals surface area contributed by atoms with E-state index in [1.807, 2.05) is 24.3 Å². The van der Waals surface area contributed by atoms with Crippen molar-refractivity contribution < 1.29 is 9.47 Å². The molecule has 0 saturated carbocycles. The molecule has 1 aliphatic rings. The quantitative estimate of drug-likeness (QED) is 0.828. The van der Waals surface area contributed by atoms with Gasteiger partial charge in [-0.1, -0.05) is 12.1 Å². The summed E-state index contributed by atoms with van der Waals surface area (Å²) in [7, 11) is 0. The molecule has 3 heteroatoms. The van der Waals surface area contributed by atoms with E-state index in [2.05, 4.69) is 15.9 Å². The number of benzene rings is 1. The van der Waals surface area contributed by atoms with Crippen molar-refractivity contribution in [1.82, 2.24) is 0 Å². The van der Waals surface area contributed by atoms with Crippen molar-refractivity contribution in [2.75, 3.05) is 13.2 Å². The van der Waals surface area contributed by atoms with E-state index in [-0.39, 0.29) is 6.10 Å². The first kappa shape index (κ1) is 9.99. The van der Waals surface area contributed by atoms with Crippen LogP contribution >= 0.6 is 15.9 Å². The summed E-state index contributed by atoms with van der Waals surface area (Å²) < 4.78 is 12.1. The Bertz CT molecular complexity index is 295. The van der Waals surface area contributed by atoms with Gasteiger partial charge in [0, 0.05) is 6.61 Å². The van der Waals surface area contributed by atoms with E-state index in [0.29, 0.717) is 6.61 Å². The number of hydrogen-bond donors (Lipinski definition) is 0. The normalized spacial score (nSPS) is 21.1. The van der Waals surface area contributed by atoms with Gasteiger partial charge in [0.05, 0.1) is 10.6 Å². The molecule has 76 valence electrons. The molecule has 1 aromatic rings. The molecule has 0 radical (unpaired) electrons. The second-order valence-electron chi connectivity index (χ2n) is 3.38. The fraction of sp³-hybridized carbons (Fsp3) is 0.455. The third kappa shape index (κ3) is 2.49. The highest BCUT2D eigenvalue weighted by Crippen LogP contribution is 2.24. The van der Waals surface area contributed by atoms with Gasteiger partial charge in [-0.15, -0.1) is 0 Å². The van der Waals surface area contributed by atoms with Gasteiger partial charge < -0.3 is 9.47 Å². The predicted octanol–water partition coefficient (Wildman–Crippen LogP) is 3.01. The maximum atomic E-state index is 5.65. The summed E-state index contributed by atoms with van der Waals surface area (Å²) in [4.78, 5) is 0. The number of hydrogen-bond acceptors (Lipinski definition) is 2. The lowest BCUT2D eigenvalue weighted by Crippen LogP contribution is -2.16. The molecule has 0 aliphatic carbocycles. The summed E-state index contributed by atoms with van der Waals surface area (Å²) in [6.07, 6.45) is 2.55. The molecular formula is C11H13BrO2. The Labute approximate surface area is 92.3 Å². The van der Waals surface area contributed by atoms with Gasteiger partial charge in [-0.05, 0) is 40.9 Å². The lowest BCUT2D eigenvalue weighted by atomic mass is 10.2. The molecule has 2 nitrogen and oxygen atoms in total. The fourth-order valence-electron chi connectivity index (χ4n) is 1.52. The van der Waals surface area contributed by atoms with Crippen LogP contribution in [0.5, 0.6) is 5.75 Å². The van der Waals surface area contributed by atoms with Crippen molar-refractivity contribution in [2.45, 2.75) is 18.9 Å². The molecule has 1 heterocycles. The largest absolute Gasteiger partial charge is 0.490 e. The van der Waals surface area contributed by atoms with Crippen molar-refractivity contribution >= 4 is 15.9 Å². The molecule has 2 rings (SSSR count). The molecule has 0 bridgehead atoms. The lowest BCUT2D eigenvalue weighted by molar-refractivity contribution is 0.0677. The zero-order valence-electron chi connectivity index (χ0n) is 7.91. The van der Waals surface area contributed by atoms with E-state index in [0.717, 1.165) is 29.7 Å². The molecule has 1 aromatic carbocycles. The summed E-state index contributed by atoms with van der Waals surface area (Å²) >= 11 is 3.44. The highest BCUT2D eigenvalue weighted by molar-refractivity contribution is 9.10. The molecule has 0 amide bonds. The Hall–Kier alpha value is -0.540. The van der Waals surface area contributed by atoms with Crippen molar-refractivity contribution in [3.8, 4) is 5.75 Å². The van der Waals surface area contributed by atoms with Gasteiger partial charge >= 0.3 is 0 Å². The van der Waals surface area contributed by atoms with Gasteiger partial charge in [0.1, 0.15) is 12.4 Å². The second-order valence-corrected chi connectivity index (χ2v) is 4.23. The predicted molar refractivity (Wildman–Crippen MR) is 58.6 cm³/mol. The van der Waals surface area contributed by atoms with Crippen LogP contribution in [0.4, 0.5) is 0 Å². The molecule has 1 saturated heterocycles. The zero-order chi connectivity index (χ0) is 9.80. The van der Waals surface area contributed by atoms with E-state index in [1.165, 1.54) is 0 Å². The van der Waals surface area contributed by atoms with Gasteiger partial charge in [0.15, 0.2) is 0 Å². The van der Waals surface area contributed by atoms with Crippen molar-refractivity contribution in [3.63, 3.8) is 0 Å². The van der Waals surface area contributed by atoms with E-state index >= 15 is 0 Å². The topological polar surface area (TPSA) is 18.5 Å². The van der Waals surface area contributed by atoms with Crippen LogP contribution in [-0.2, 0) is 4.74 Å². The number of para-hydroxylation sites is 1. The van der Waals surface area contributed by atoms with Crippen LogP contribution < -0.4 is 4.74 Å². The van der Waals surface area contributed by atoms with Crippen LogP contribution in [0, 0.1) is 0 Å². The molecule has 1 aliphatic heterocycles. The maximum absolute atomic E-state index is 5.65. The molecule has 1 fully saturated rings. The van der Waals surface area contributed by atoms with Gasteiger partial charge in [-0.25, -0.2) is 0 Å². The van der Waals surface area contributed by atoms with Crippen molar-refractivity contribution in [3.05, 3.63) is 28.7 Å². The monoisotopic (exact) mass is 256 g/mol. The number of ether oxygens (including phenoxy) is 2. The Kier molecular flexibility index (Phi) is 3.43. The van der Waals surface area contributed by atoms with Crippen LogP contribution in [-0.4, -0.2) is 19.3 Å². The first-order chi connectivity index (χ1) is 6.86. The molecule has 1 atom stereocenters. The van der Waals surface area contributed by atoms with Crippen LogP contribution in [0.1, 0.15) is 12.8 Å². The van der Waals surface area contributed by atoms with Gasteiger partial charge in [0.2, 0.25) is 0 Å². The smallest absolute Gasteiger partial charge is 0.133 e.